The molecule has 0 aromatic carbocycles. The van der Waals surface area contributed by atoms with Gasteiger partial charge in [0, 0.05) is 11.6 Å². The number of allylic oxidation sites excluding steroid dienone is 2. The Morgan fingerprint density at radius 1 is 1.67 bits per heavy atom. The van der Waals surface area contributed by atoms with Crippen molar-refractivity contribution in [3.05, 3.63) is 12.2 Å². The normalized spacial score (nSPS) is 32.8. The van der Waals surface area contributed by atoms with Gasteiger partial charge in [-0.25, -0.2) is 4.79 Å². The molecule has 0 amide bonds. The average molecular weight is 165 g/mol. The van der Waals surface area contributed by atoms with Gasteiger partial charge in [0.15, 0.2) is 0 Å². The Morgan fingerprint density at radius 3 is 3.17 bits per heavy atom. The van der Waals surface area contributed by atoms with Crippen LogP contribution in [0.4, 0.5) is 0 Å². The van der Waals surface area contributed by atoms with Crippen molar-refractivity contribution >= 4 is 11.7 Å². The van der Waals surface area contributed by atoms with Gasteiger partial charge in [0.2, 0.25) is 0 Å². The molecule has 0 saturated heterocycles. The Labute approximate surface area is 70.8 Å². The van der Waals surface area contributed by atoms with Gasteiger partial charge in [-0.1, -0.05) is 6.08 Å². The van der Waals surface area contributed by atoms with Crippen LogP contribution < -0.4 is 0 Å². The first-order valence-corrected chi connectivity index (χ1v) is 4.24. The van der Waals surface area contributed by atoms with Crippen LogP contribution in [0.2, 0.25) is 0 Å². The maximum atomic E-state index is 10.6. The lowest BCUT2D eigenvalue weighted by Gasteiger charge is -2.12. The van der Waals surface area contributed by atoms with Gasteiger partial charge < -0.3 is 5.11 Å². The number of aliphatic imine (C=N–C) groups is 1. The third-order valence-electron chi connectivity index (χ3n) is 2.49. The highest BCUT2D eigenvalue weighted by Crippen LogP contribution is 2.28. The number of nitrogens with zero attached hydrogens (tertiary/aromatic N) is 1. The van der Waals surface area contributed by atoms with Gasteiger partial charge in [0.1, 0.15) is 6.04 Å². The summed E-state index contributed by atoms with van der Waals surface area (Å²) < 4.78 is 0. The quantitative estimate of drug-likeness (QED) is 0.635. The molecule has 0 fully saturated rings. The number of hydrogen-bond donors (Lipinski definition) is 1. The molecule has 1 N–H and O–H groups in total. The maximum Gasteiger partial charge on any atom is 0.328 e. The van der Waals surface area contributed by atoms with E-state index in [1.807, 2.05) is 6.08 Å². The molecule has 0 aromatic rings. The summed E-state index contributed by atoms with van der Waals surface area (Å²) in [6, 6.07) is -0.479. The fourth-order valence-electron chi connectivity index (χ4n) is 1.83. The second kappa shape index (κ2) is 2.73. The number of carboxylic acids is 1. The molecule has 64 valence electrons. The van der Waals surface area contributed by atoms with E-state index in [1.165, 1.54) is 0 Å². The fourth-order valence-corrected chi connectivity index (χ4v) is 1.83. The van der Waals surface area contributed by atoms with Gasteiger partial charge in [-0.05, 0) is 25.3 Å². The van der Waals surface area contributed by atoms with Crippen LogP contribution in [0.5, 0.6) is 0 Å². The summed E-state index contributed by atoms with van der Waals surface area (Å²) in [6.45, 7) is 0. The number of aliphatic carboxylic acids is 1. The van der Waals surface area contributed by atoms with Gasteiger partial charge in [0.25, 0.3) is 0 Å². The average Bonchev–Trinajstić information content (AvgIpc) is 2.46. The largest absolute Gasteiger partial charge is 0.480 e. The van der Waals surface area contributed by atoms with E-state index in [4.69, 9.17) is 5.11 Å². The van der Waals surface area contributed by atoms with E-state index < -0.39 is 12.0 Å². The second-order valence-corrected chi connectivity index (χ2v) is 3.32. The molecule has 12 heavy (non-hydrogen) atoms. The Bertz CT molecular complexity index is 268. The first-order valence-electron chi connectivity index (χ1n) is 4.24. The van der Waals surface area contributed by atoms with Crippen molar-refractivity contribution in [3.63, 3.8) is 0 Å². The molecule has 1 aliphatic heterocycles. The molecule has 0 bridgehead atoms. The highest BCUT2D eigenvalue weighted by Gasteiger charge is 2.31. The summed E-state index contributed by atoms with van der Waals surface area (Å²) in [5, 5.41) is 8.73. The second-order valence-electron chi connectivity index (χ2n) is 3.32. The van der Waals surface area contributed by atoms with Crippen LogP contribution in [0, 0.1) is 5.92 Å². The van der Waals surface area contributed by atoms with Crippen molar-refractivity contribution in [1.82, 2.24) is 0 Å². The van der Waals surface area contributed by atoms with Gasteiger partial charge >= 0.3 is 5.97 Å². The van der Waals surface area contributed by atoms with Crippen molar-refractivity contribution in [1.29, 1.82) is 0 Å². The van der Waals surface area contributed by atoms with Gasteiger partial charge in [0.05, 0.1) is 0 Å². The molecule has 1 aliphatic carbocycles. The molecule has 2 atom stereocenters. The van der Waals surface area contributed by atoms with Gasteiger partial charge in [-0.3, -0.25) is 4.99 Å². The van der Waals surface area contributed by atoms with Crippen molar-refractivity contribution in [3.8, 4) is 0 Å². The smallest absolute Gasteiger partial charge is 0.328 e. The molecule has 0 aromatic heterocycles. The molecule has 0 saturated carbocycles. The third-order valence-corrected chi connectivity index (χ3v) is 2.49. The minimum atomic E-state index is -0.787. The molecular formula is C9H11NO2. The van der Waals surface area contributed by atoms with Crippen LogP contribution in [-0.2, 0) is 4.79 Å². The Balaban J connectivity index is 2.17. The van der Waals surface area contributed by atoms with Crippen molar-refractivity contribution in [2.45, 2.75) is 25.3 Å². The zero-order valence-corrected chi connectivity index (χ0v) is 6.73. The molecule has 2 aliphatic rings. The third kappa shape index (κ3) is 1.15. The van der Waals surface area contributed by atoms with E-state index in [0.717, 1.165) is 18.6 Å². The molecule has 0 spiro atoms. The van der Waals surface area contributed by atoms with E-state index in [-0.39, 0.29) is 0 Å². The summed E-state index contributed by atoms with van der Waals surface area (Å²) in [6.07, 6.45) is 6.88. The van der Waals surface area contributed by atoms with Gasteiger partial charge in [-0.2, -0.15) is 0 Å². The summed E-state index contributed by atoms with van der Waals surface area (Å²) in [5.74, 6) is -0.374. The van der Waals surface area contributed by atoms with E-state index >= 15 is 0 Å². The first kappa shape index (κ1) is 7.53. The zero-order chi connectivity index (χ0) is 8.55. The number of fused-ring (bicyclic) bond motifs is 1. The predicted octanol–water partition coefficient (Wildman–Crippen LogP) is 1.25. The van der Waals surface area contributed by atoms with Crippen LogP contribution in [0.3, 0.4) is 0 Å². The van der Waals surface area contributed by atoms with E-state index in [1.54, 1.807) is 0 Å². The monoisotopic (exact) mass is 165 g/mol. The van der Waals surface area contributed by atoms with Crippen LogP contribution in [0.15, 0.2) is 17.1 Å². The summed E-state index contributed by atoms with van der Waals surface area (Å²) in [5.41, 5.74) is 0.994. The number of rotatable bonds is 1. The molecule has 3 heteroatoms. The Morgan fingerprint density at radius 2 is 2.50 bits per heavy atom. The standard InChI is InChI=1S/C9H11NO2/c11-9(12)8-5-6-3-1-2-4-7(6)10-8/h2,4,6,8H,1,3,5H2,(H,11,12). The minimum Gasteiger partial charge on any atom is -0.480 e. The molecule has 2 unspecified atom stereocenters. The summed E-state index contributed by atoms with van der Waals surface area (Å²) >= 11 is 0. The molecular weight excluding hydrogens is 154 g/mol. The van der Waals surface area contributed by atoms with E-state index in [0.29, 0.717) is 12.3 Å². The molecule has 0 radical (unpaired) electrons. The lowest BCUT2D eigenvalue weighted by Crippen LogP contribution is -2.16. The van der Waals surface area contributed by atoms with Crippen LogP contribution in [-0.4, -0.2) is 22.8 Å². The predicted molar refractivity (Wildman–Crippen MR) is 45.3 cm³/mol. The van der Waals surface area contributed by atoms with Crippen LogP contribution >= 0.6 is 0 Å². The zero-order valence-electron chi connectivity index (χ0n) is 6.73. The van der Waals surface area contributed by atoms with E-state index in [9.17, 15) is 4.79 Å². The molecule has 3 nitrogen and oxygen atoms in total. The van der Waals surface area contributed by atoms with Crippen molar-refractivity contribution in [2.24, 2.45) is 10.9 Å². The molecule has 1 heterocycles. The highest BCUT2D eigenvalue weighted by atomic mass is 16.4. The lowest BCUT2D eigenvalue weighted by molar-refractivity contribution is -0.138. The fraction of sp³-hybridized carbons (Fsp3) is 0.556. The summed E-state index contributed by atoms with van der Waals surface area (Å²) in [4.78, 5) is 14.8. The summed E-state index contributed by atoms with van der Waals surface area (Å²) in [7, 11) is 0. The molecule has 2 rings (SSSR count). The first-order chi connectivity index (χ1) is 5.77. The van der Waals surface area contributed by atoms with Crippen molar-refractivity contribution < 1.29 is 9.90 Å². The van der Waals surface area contributed by atoms with E-state index in [2.05, 4.69) is 11.1 Å². The highest BCUT2D eigenvalue weighted by molar-refractivity contribution is 6.01. The topological polar surface area (TPSA) is 49.7 Å². The SMILES string of the molecule is O=C(O)C1CC2CCC=CC2=N1. The maximum absolute atomic E-state index is 10.6. The number of hydrogen-bond acceptors (Lipinski definition) is 2. The number of carboxylic acid groups (broad SMARTS) is 1. The van der Waals surface area contributed by atoms with Crippen LogP contribution in [0.1, 0.15) is 19.3 Å². The van der Waals surface area contributed by atoms with Crippen LogP contribution in [0.25, 0.3) is 0 Å². The Hall–Kier alpha value is -1.12. The Kier molecular flexibility index (Phi) is 1.71. The van der Waals surface area contributed by atoms with Gasteiger partial charge in [-0.15, -0.1) is 0 Å². The lowest BCUT2D eigenvalue weighted by atomic mass is 9.90. The number of carbonyl (C=O) groups is 1. The minimum absolute atomic E-state index is 0.413. The van der Waals surface area contributed by atoms with Crippen molar-refractivity contribution in [2.75, 3.05) is 0 Å².